The number of carbonyl (C=O) groups is 2. The zero-order chi connectivity index (χ0) is 15.4. The normalized spacial score (nSPS) is 20.5. The third kappa shape index (κ3) is 5.00. The Morgan fingerprint density at radius 1 is 1.27 bits per heavy atom. The molecule has 3 N–H and O–H groups in total. The number of rotatable bonds is 6. The van der Waals surface area contributed by atoms with E-state index >= 15 is 0 Å². The van der Waals surface area contributed by atoms with Crippen molar-refractivity contribution in [3.63, 3.8) is 0 Å². The molecule has 0 spiro atoms. The van der Waals surface area contributed by atoms with Gasteiger partial charge >= 0.3 is 0 Å². The summed E-state index contributed by atoms with van der Waals surface area (Å²) >= 11 is 0. The molecule has 0 saturated heterocycles. The minimum absolute atomic E-state index is 0. The van der Waals surface area contributed by atoms with E-state index < -0.39 is 0 Å². The lowest BCUT2D eigenvalue weighted by molar-refractivity contribution is -0.117. The minimum atomic E-state index is -0.106. The Hall–Kier alpha value is -1.59. The van der Waals surface area contributed by atoms with Gasteiger partial charge in [-0.05, 0) is 50.6 Å². The number of anilines is 1. The fraction of sp³-hybridized carbons (Fsp3) is 0.500. The summed E-state index contributed by atoms with van der Waals surface area (Å²) in [5.74, 6) is 0.605. The average molecular weight is 326 g/mol. The molecule has 122 valence electrons. The van der Waals surface area contributed by atoms with E-state index in [1.54, 1.807) is 24.3 Å². The first-order chi connectivity index (χ1) is 10.0. The number of benzene rings is 1. The molecular formula is C16H24ClN3O2. The summed E-state index contributed by atoms with van der Waals surface area (Å²) in [6.07, 6.45) is 0.968. The van der Waals surface area contributed by atoms with Crippen LogP contribution in [0.2, 0.25) is 0 Å². The van der Waals surface area contributed by atoms with Crippen LogP contribution < -0.4 is 16.0 Å². The van der Waals surface area contributed by atoms with Gasteiger partial charge in [-0.25, -0.2) is 0 Å². The van der Waals surface area contributed by atoms with Crippen LogP contribution in [0, 0.1) is 11.8 Å². The summed E-state index contributed by atoms with van der Waals surface area (Å²) in [5.41, 5.74) is 1.33. The Morgan fingerprint density at radius 3 is 2.36 bits per heavy atom. The summed E-state index contributed by atoms with van der Waals surface area (Å²) in [7, 11) is 1.86. The lowest BCUT2D eigenvalue weighted by atomic mass is 10.2. The zero-order valence-electron chi connectivity index (χ0n) is 13.2. The molecule has 2 amide bonds. The lowest BCUT2D eigenvalue weighted by Gasteiger charge is -2.11. The van der Waals surface area contributed by atoms with Crippen LogP contribution in [-0.2, 0) is 4.79 Å². The first kappa shape index (κ1) is 18.5. The monoisotopic (exact) mass is 325 g/mol. The van der Waals surface area contributed by atoms with Gasteiger partial charge in [-0.1, -0.05) is 6.92 Å². The van der Waals surface area contributed by atoms with Gasteiger partial charge in [0.2, 0.25) is 5.91 Å². The van der Waals surface area contributed by atoms with Gasteiger partial charge in [0.05, 0.1) is 0 Å². The van der Waals surface area contributed by atoms with Gasteiger partial charge in [-0.2, -0.15) is 0 Å². The first-order valence-corrected chi connectivity index (χ1v) is 7.37. The number of hydrogen-bond donors (Lipinski definition) is 3. The maximum atomic E-state index is 11.9. The van der Waals surface area contributed by atoms with E-state index in [1.165, 1.54) is 0 Å². The maximum absolute atomic E-state index is 11.9. The molecule has 1 aliphatic rings. The van der Waals surface area contributed by atoms with Crippen LogP contribution in [0.4, 0.5) is 5.69 Å². The number of nitrogens with one attached hydrogen (secondary N) is 3. The lowest BCUT2D eigenvalue weighted by Crippen LogP contribution is -2.37. The molecule has 1 aromatic rings. The summed E-state index contributed by atoms with van der Waals surface area (Å²) < 4.78 is 0. The van der Waals surface area contributed by atoms with Crippen LogP contribution in [0.5, 0.6) is 0 Å². The fourth-order valence-electron chi connectivity index (χ4n) is 2.08. The van der Waals surface area contributed by atoms with Crippen LogP contribution in [0.3, 0.4) is 0 Å². The second-order valence-corrected chi connectivity index (χ2v) is 5.79. The highest BCUT2D eigenvalue weighted by atomic mass is 35.5. The number of hydrogen-bond acceptors (Lipinski definition) is 3. The van der Waals surface area contributed by atoms with Gasteiger partial charge in [-0.15, -0.1) is 12.4 Å². The second kappa shape index (κ2) is 8.15. The summed E-state index contributed by atoms with van der Waals surface area (Å²) in [6.45, 7) is 4.65. The zero-order valence-corrected chi connectivity index (χ0v) is 14.0. The van der Waals surface area contributed by atoms with E-state index in [2.05, 4.69) is 22.9 Å². The van der Waals surface area contributed by atoms with Crippen molar-refractivity contribution in [3.05, 3.63) is 29.8 Å². The topological polar surface area (TPSA) is 70.2 Å². The van der Waals surface area contributed by atoms with Gasteiger partial charge < -0.3 is 16.0 Å². The second-order valence-electron chi connectivity index (χ2n) is 5.79. The molecule has 0 aliphatic heterocycles. The van der Waals surface area contributed by atoms with E-state index in [0.29, 0.717) is 18.0 Å². The van der Waals surface area contributed by atoms with E-state index in [1.807, 2.05) is 14.0 Å². The Bertz CT molecular complexity index is 519. The number of likely N-dealkylation sites (N-methyl/N-ethyl adjacent to an activating group) is 1. The van der Waals surface area contributed by atoms with Crippen molar-refractivity contribution in [2.24, 2.45) is 11.8 Å². The number of carbonyl (C=O) groups excluding carboxylic acids is 2. The maximum Gasteiger partial charge on any atom is 0.251 e. The van der Waals surface area contributed by atoms with E-state index in [4.69, 9.17) is 0 Å². The van der Waals surface area contributed by atoms with Crippen molar-refractivity contribution >= 4 is 29.9 Å². The highest BCUT2D eigenvalue weighted by Crippen LogP contribution is 2.38. The highest BCUT2D eigenvalue weighted by Gasteiger charge is 2.38. The van der Waals surface area contributed by atoms with Crippen molar-refractivity contribution in [1.29, 1.82) is 0 Å². The molecule has 1 aromatic carbocycles. The van der Waals surface area contributed by atoms with Gasteiger partial charge in [0.25, 0.3) is 5.91 Å². The van der Waals surface area contributed by atoms with Crippen LogP contribution in [-0.4, -0.2) is 31.4 Å². The Labute approximate surface area is 137 Å². The molecule has 0 bridgehead atoms. The molecule has 1 fully saturated rings. The van der Waals surface area contributed by atoms with Crippen molar-refractivity contribution < 1.29 is 9.59 Å². The largest absolute Gasteiger partial charge is 0.350 e. The van der Waals surface area contributed by atoms with Gasteiger partial charge in [-0.3, -0.25) is 9.59 Å². The third-order valence-electron chi connectivity index (χ3n) is 3.92. The molecular weight excluding hydrogens is 302 g/mol. The van der Waals surface area contributed by atoms with E-state index in [-0.39, 0.29) is 36.2 Å². The molecule has 1 aliphatic carbocycles. The molecule has 2 rings (SSSR count). The predicted molar refractivity (Wildman–Crippen MR) is 90.4 cm³/mol. The number of halogens is 1. The van der Waals surface area contributed by atoms with Gasteiger partial charge in [0.15, 0.2) is 0 Å². The SMILES string of the molecule is CNC(C)CNC(=O)c1ccc(NC(=O)C2CC2C)cc1.Cl. The number of amides is 2. The quantitative estimate of drug-likeness (QED) is 0.749. The van der Waals surface area contributed by atoms with Crippen LogP contribution in [0.25, 0.3) is 0 Å². The summed E-state index contributed by atoms with van der Waals surface area (Å²) in [6, 6.07) is 7.22. The third-order valence-corrected chi connectivity index (χ3v) is 3.92. The Kier molecular flexibility index (Phi) is 6.84. The van der Waals surface area contributed by atoms with E-state index in [9.17, 15) is 9.59 Å². The standard InChI is InChI=1S/C16H23N3O2.ClH/c1-10-8-14(10)16(21)19-13-6-4-12(5-7-13)15(20)18-9-11(2)17-3;/h4-7,10-11,14,17H,8-9H2,1-3H3,(H,18,20)(H,19,21);1H. The molecule has 5 nitrogen and oxygen atoms in total. The van der Waals surface area contributed by atoms with Crippen molar-refractivity contribution in [2.45, 2.75) is 26.3 Å². The molecule has 6 heteroatoms. The Morgan fingerprint density at radius 2 is 1.86 bits per heavy atom. The first-order valence-electron chi connectivity index (χ1n) is 7.37. The van der Waals surface area contributed by atoms with Crippen molar-refractivity contribution in [3.8, 4) is 0 Å². The molecule has 0 heterocycles. The predicted octanol–water partition coefficient (Wildman–Crippen LogP) is 2.04. The molecule has 1 saturated carbocycles. The molecule has 3 atom stereocenters. The smallest absolute Gasteiger partial charge is 0.251 e. The highest BCUT2D eigenvalue weighted by molar-refractivity contribution is 5.96. The molecule has 0 radical (unpaired) electrons. The van der Waals surface area contributed by atoms with Gasteiger partial charge in [0.1, 0.15) is 0 Å². The van der Waals surface area contributed by atoms with E-state index in [0.717, 1.165) is 12.1 Å². The fourth-order valence-corrected chi connectivity index (χ4v) is 2.08. The van der Waals surface area contributed by atoms with Gasteiger partial charge in [0, 0.05) is 29.8 Å². The van der Waals surface area contributed by atoms with Crippen molar-refractivity contribution in [1.82, 2.24) is 10.6 Å². The minimum Gasteiger partial charge on any atom is -0.350 e. The Balaban J connectivity index is 0.00000242. The molecule has 0 aromatic heterocycles. The summed E-state index contributed by atoms with van der Waals surface area (Å²) in [5, 5.41) is 8.79. The average Bonchev–Trinajstić information content (AvgIpc) is 3.22. The molecule has 3 unspecified atom stereocenters. The molecule has 22 heavy (non-hydrogen) atoms. The van der Waals surface area contributed by atoms with Crippen molar-refractivity contribution in [2.75, 3.05) is 18.9 Å². The van der Waals surface area contributed by atoms with Crippen LogP contribution in [0.1, 0.15) is 30.6 Å². The summed E-state index contributed by atoms with van der Waals surface area (Å²) in [4.78, 5) is 23.8. The van der Waals surface area contributed by atoms with Crippen LogP contribution in [0.15, 0.2) is 24.3 Å². The van der Waals surface area contributed by atoms with Crippen LogP contribution >= 0.6 is 12.4 Å².